The van der Waals surface area contributed by atoms with Crippen molar-refractivity contribution in [3.63, 3.8) is 0 Å². The molecule has 0 N–H and O–H groups in total. The first-order valence-electron chi connectivity index (χ1n) is 6.69. The maximum Gasteiger partial charge on any atom is 0.342 e. The molecule has 0 aliphatic rings. The number of methoxy groups -OCH3 is 3. The monoisotopic (exact) mass is 308 g/mol. The minimum atomic E-state index is -0.684. The molecule has 0 unspecified atom stereocenters. The molecule has 0 radical (unpaired) electrons. The number of hydrogen-bond acceptors (Lipinski definition) is 6. The van der Waals surface area contributed by atoms with Crippen LogP contribution in [-0.4, -0.2) is 39.9 Å². The van der Waals surface area contributed by atoms with Gasteiger partial charge in [0.1, 0.15) is 23.7 Å². The van der Waals surface area contributed by atoms with Gasteiger partial charge in [0.05, 0.1) is 26.9 Å². The molecule has 0 fully saturated rings. The summed E-state index contributed by atoms with van der Waals surface area (Å²) in [5, 5.41) is 0. The second-order valence-electron chi connectivity index (χ2n) is 4.24. The molecular weight excluding hydrogens is 288 g/mol. The Morgan fingerprint density at radius 3 is 2.14 bits per heavy atom. The molecule has 0 atom stereocenters. The van der Waals surface area contributed by atoms with Gasteiger partial charge in [0.15, 0.2) is 0 Å². The number of rotatable bonds is 7. The van der Waals surface area contributed by atoms with E-state index in [0.29, 0.717) is 17.7 Å². The summed E-state index contributed by atoms with van der Waals surface area (Å²) in [6.45, 7) is 5.57. The van der Waals surface area contributed by atoms with Crippen molar-refractivity contribution in [2.75, 3.05) is 27.9 Å². The van der Waals surface area contributed by atoms with Crippen molar-refractivity contribution in [3.8, 4) is 11.5 Å². The summed E-state index contributed by atoms with van der Waals surface area (Å²) in [6.07, 6.45) is 2.00. The minimum Gasteiger partial charge on any atom is -0.496 e. The summed E-state index contributed by atoms with van der Waals surface area (Å²) in [5.74, 6) is -0.716. The first kappa shape index (κ1) is 17.6. The molecule has 0 saturated carbocycles. The lowest BCUT2D eigenvalue weighted by atomic mass is 9.96. The van der Waals surface area contributed by atoms with Gasteiger partial charge >= 0.3 is 11.9 Å². The van der Waals surface area contributed by atoms with Crippen LogP contribution in [0, 0.1) is 0 Å². The molecule has 6 nitrogen and oxygen atoms in total. The van der Waals surface area contributed by atoms with Gasteiger partial charge in [0.25, 0.3) is 0 Å². The average molecular weight is 308 g/mol. The van der Waals surface area contributed by atoms with E-state index in [0.717, 1.165) is 0 Å². The second kappa shape index (κ2) is 8.07. The molecular formula is C16H20O6. The van der Waals surface area contributed by atoms with E-state index < -0.39 is 11.9 Å². The van der Waals surface area contributed by atoms with Gasteiger partial charge in [-0.3, -0.25) is 0 Å². The molecule has 0 aliphatic heterocycles. The predicted molar refractivity (Wildman–Crippen MR) is 80.7 cm³/mol. The third-order valence-corrected chi connectivity index (χ3v) is 3.07. The smallest absolute Gasteiger partial charge is 0.342 e. The molecule has 1 aromatic carbocycles. The van der Waals surface area contributed by atoms with Crippen molar-refractivity contribution in [1.29, 1.82) is 0 Å². The molecule has 0 aliphatic carbocycles. The van der Waals surface area contributed by atoms with Crippen LogP contribution in [0.4, 0.5) is 0 Å². The number of benzene rings is 1. The molecule has 1 rings (SSSR count). The Labute approximate surface area is 129 Å². The van der Waals surface area contributed by atoms with Gasteiger partial charge in [-0.2, -0.15) is 0 Å². The lowest BCUT2D eigenvalue weighted by Gasteiger charge is -2.18. The molecule has 0 heterocycles. The summed E-state index contributed by atoms with van der Waals surface area (Å²) < 4.78 is 20.3. The number of carbonyl (C=O) groups is 2. The van der Waals surface area contributed by atoms with Crippen LogP contribution in [0.5, 0.6) is 11.5 Å². The van der Waals surface area contributed by atoms with E-state index in [2.05, 4.69) is 6.58 Å². The van der Waals surface area contributed by atoms with E-state index >= 15 is 0 Å². The van der Waals surface area contributed by atoms with Crippen LogP contribution in [0.2, 0.25) is 0 Å². The summed E-state index contributed by atoms with van der Waals surface area (Å²) >= 11 is 0. The van der Waals surface area contributed by atoms with Crippen molar-refractivity contribution < 1.29 is 28.5 Å². The third-order valence-electron chi connectivity index (χ3n) is 3.07. The Kier molecular flexibility index (Phi) is 6.44. The van der Waals surface area contributed by atoms with E-state index in [1.807, 2.05) is 6.92 Å². The van der Waals surface area contributed by atoms with E-state index in [1.54, 1.807) is 6.07 Å². The quantitative estimate of drug-likeness (QED) is 0.569. The Morgan fingerprint density at radius 1 is 1.09 bits per heavy atom. The van der Waals surface area contributed by atoms with Crippen molar-refractivity contribution >= 4 is 11.9 Å². The van der Waals surface area contributed by atoms with Gasteiger partial charge < -0.3 is 18.9 Å². The average Bonchev–Trinajstić information content (AvgIpc) is 2.56. The lowest BCUT2D eigenvalue weighted by Crippen LogP contribution is -2.17. The fraction of sp³-hybridized carbons (Fsp3) is 0.375. The highest BCUT2D eigenvalue weighted by atomic mass is 16.5. The van der Waals surface area contributed by atoms with Gasteiger partial charge in [0.2, 0.25) is 0 Å². The van der Waals surface area contributed by atoms with Crippen LogP contribution in [0.1, 0.15) is 33.2 Å². The SMILES string of the molecule is C=CCOc1cc(OC)c(CC)c(C(=O)OC)c1C(=O)OC. The first-order valence-corrected chi connectivity index (χ1v) is 6.69. The van der Waals surface area contributed by atoms with Gasteiger partial charge in [-0.1, -0.05) is 19.6 Å². The molecule has 0 spiro atoms. The van der Waals surface area contributed by atoms with Crippen LogP contribution < -0.4 is 9.47 Å². The maximum absolute atomic E-state index is 12.2. The number of ether oxygens (including phenoxy) is 4. The summed E-state index contributed by atoms with van der Waals surface area (Å²) in [5.41, 5.74) is 0.671. The highest BCUT2D eigenvalue weighted by molar-refractivity contribution is 6.06. The normalized spacial score (nSPS) is 9.82. The minimum absolute atomic E-state index is 0.0221. The van der Waals surface area contributed by atoms with Crippen LogP contribution in [0.3, 0.4) is 0 Å². The zero-order valence-electron chi connectivity index (χ0n) is 13.2. The summed E-state index contributed by atoms with van der Waals surface area (Å²) in [7, 11) is 3.95. The lowest BCUT2D eigenvalue weighted by molar-refractivity contribution is 0.0550. The predicted octanol–water partition coefficient (Wildman–Crippen LogP) is 2.40. The largest absolute Gasteiger partial charge is 0.496 e. The fourth-order valence-corrected chi connectivity index (χ4v) is 2.10. The topological polar surface area (TPSA) is 71.1 Å². The zero-order valence-corrected chi connectivity index (χ0v) is 13.2. The molecule has 22 heavy (non-hydrogen) atoms. The van der Waals surface area contributed by atoms with Crippen molar-refractivity contribution in [1.82, 2.24) is 0 Å². The molecule has 1 aromatic rings. The summed E-state index contributed by atoms with van der Waals surface area (Å²) in [6, 6.07) is 1.56. The molecule has 120 valence electrons. The standard InChI is InChI=1S/C16H20O6/c1-6-8-22-12-9-11(19-3)10(7-2)13(15(17)20-4)14(12)16(18)21-5/h6,9H,1,7-8H2,2-5H3. The third kappa shape index (κ3) is 3.39. The molecule has 6 heteroatoms. The van der Waals surface area contributed by atoms with Crippen LogP contribution in [0.15, 0.2) is 18.7 Å². The van der Waals surface area contributed by atoms with E-state index in [9.17, 15) is 9.59 Å². The Hall–Kier alpha value is -2.50. The number of hydrogen-bond donors (Lipinski definition) is 0. The Balaban J connectivity index is 3.73. The zero-order chi connectivity index (χ0) is 16.7. The van der Waals surface area contributed by atoms with E-state index in [-0.39, 0.29) is 23.5 Å². The highest BCUT2D eigenvalue weighted by Crippen LogP contribution is 2.35. The highest BCUT2D eigenvalue weighted by Gasteiger charge is 2.29. The first-order chi connectivity index (χ1) is 10.5. The van der Waals surface area contributed by atoms with Crippen molar-refractivity contribution in [2.45, 2.75) is 13.3 Å². The van der Waals surface area contributed by atoms with Gasteiger partial charge in [-0.15, -0.1) is 0 Å². The van der Waals surface area contributed by atoms with Crippen molar-refractivity contribution in [3.05, 3.63) is 35.4 Å². The molecule has 0 amide bonds. The number of esters is 2. The molecule has 0 aromatic heterocycles. The summed E-state index contributed by atoms with van der Waals surface area (Å²) in [4.78, 5) is 24.3. The van der Waals surface area contributed by atoms with Gasteiger partial charge in [0, 0.05) is 11.6 Å². The van der Waals surface area contributed by atoms with Gasteiger partial charge in [-0.05, 0) is 6.42 Å². The molecule has 0 saturated heterocycles. The van der Waals surface area contributed by atoms with Crippen LogP contribution in [0.25, 0.3) is 0 Å². The molecule has 0 bridgehead atoms. The number of carbonyl (C=O) groups excluding carboxylic acids is 2. The second-order valence-corrected chi connectivity index (χ2v) is 4.24. The van der Waals surface area contributed by atoms with Crippen LogP contribution in [-0.2, 0) is 15.9 Å². The van der Waals surface area contributed by atoms with Gasteiger partial charge in [-0.25, -0.2) is 9.59 Å². The van der Waals surface area contributed by atoms with Crippen LogP contribution >= 0.6 is 0 Å². The van der Waals surface area contributed by atoms with E-state index in [1.165, 1.54) is 27.4 Å². The Bertz CT molecular complexity index is 576. The maximum atomic E-state index is 12.2. The van der Waals surface area contributed by atoms with Crippen molar-refractivity contribution in [2.24, 2.45) is 0 Å². The fourth-order valence-electron chi connectivity index (χ4n) is 2.10. The Morgan fingerprint density at radius 2 is 1.68 bits per heavy atom. The van der Waals surface area contributed by atoms with E-state index in [4.69, 9.17) is 18.9 Å².